The average Bonchev–Trinajstić information content (AvgIpc) is 2.97. The third-order valence-electron chi connectivity index (χ3n) is 4.39. The van der Waals surface area contributed by atoms with Gasteiger partial charge in [-0.15, -0.1) is 0 Å². The van der Waals surface area contributed by atoms with Gasteiger partial charge in [0.25, 0.3) is 0 Å². The summed E-state index contributed by atoms with van der Waals surface area (Å²) in [5, 5.41) is 4.86. The highest BCUT2D eigenvalue weighted by molar-refractivity contribution is 5.90. The zero-order valence-electron chi connectivity index (χ0n) is 13.4. The molecule has 2 aromatic heterocycles. The van der Waals surface area contributed by atoms with Crippen LogP contribution >= 0.6 is 0 Å². The number of rotatable bonds is 3. The lowest BCUT2D eigenvalue weighted by Gasteiger charge is -2.06. The maximum atomic E-state index is 12.8. The van der Waals surface area contributed by atoms with E-state index in [4.69, 9.17) is 5.73 Å². The number of aromatic amines is 1. The summed E-state index contributed by atoms with van der Waals surface area (Å²) >= 11 is 0. The van der Waals surface area contributed by atoms with Gasteiger partial charge in [-0.1, -0.05) is 30.3 Å². The third kappa shape index (κ3) is 2.39. The van der Waals surface area contributed by atoms with Gasteiger partial charge in [0.2, 0.25) is 5.43 Å². The van der Waals surface area contributed by atoms with Crippen LogP contribution in [0.15, 0.2) is 53.5 Å². The molecule has 2 heterocycles. The monoisotopic (exact) mass is 318 g/mol. The minimum Gasteiger partial charge on any atom is -0.352 e. The largest absolute Gasteiger partial charge is 0.352 e. The van der Waals surface area contributed by atoms with Gasteiger partial charge in [-0.2, -0.15) is 5.10 Å². The summed E-state index contributed by atoms with van der Waals surface area (Å²) in [6, 6.07) is 14.2. The number of H-pyrrole nitrogens is 1. The van der Waals surface area contributed by atoms with Crippen molar-refractivity contribution < 1.29 is 0 Å². The van der Waals surface area contributed by atoms with Crippen molar-refractivity contribution in [3.63, 3.8) is 0 Å². The van der Waals surface area contributed by atoms with Crippen LogP contribution in [-0.2, 0) is 20.0 Å². The van der Waals surface area contributed by atoms with Gasteiger partial charge >= 0.3 is 0 Å². The Balaban J connectivity index is 1.82. The molecule has 5 nitrogen and oxygen atoms in total. The van der Waals surface area contributed by atoms with E-state index in [2.05, 4.69) is 28.3 Å². The van der Waals surface area contributed by atoms with Crippen molar-refractivity contribution in [1.82, 2.24) is 14.8 Å². The van der Waals surface area contributed by atoms with Crippen LogP contribution in [0.4, 0.5) is 0 Å². The molecule has 0 unspecified atom stereocenters. The number of benzene rings is 2. The fourth-order valence-electron chi connectivity index (χ4n) is 3.17. The molecule has 0 fully saturated rings. The Labute approximate surface area is 138 Å². The summed E-state index contributed by atoms with van der Waals surface area (Å²) in [5.41, 5.74) is 11.3. The molecule has 120 valence electrons. The van der Waals surface area contributed by atoms with E-state index in [0.29, 0.717) is 17.4 Å². The van der Waals surface area contributed by atoms with Crippen molar-refractivity contribution in [1.29, 1.82) is 0 Å². The van der Waals surface area contributed by atoms with E-state index < -0.39 is 0 Å². The van der Waals surface area contributed by atoms with E-state index in [1.807, 2.05) is 24.3 Å². The summed E-state index contributed by atoms with van der Waals surface area (Å²) < 4.78 is 1.62. The van der Waals surface area contributed by atoms with Crippen molar-refractivity contribution in [2.45, 2.75) is 13.0 Å². The minimum absolute atomic E-state index is 0.0105. The molecule has 5 heteroatoms. The molecule has 2 aromatic carbocycles. The molecular weight excluding hydrogens is 300 g/mol. The van der Waals surface area contributed by atoms with Crippen LogP contribution in [0.5, 0.6) is 0 Å². The number of nitrogens with two attached hydrogens (primary N) is 1. The van der Waals surface area contributed by atoms with Crippen LogP contribution in [0.3, 0.4) is 0 Å². The molecule has 0 aliphatic carbocycles. The molecule has 0 aliphatic rings. The quantitative estimate of drug-likeness (QED) is 0.609. The fraction of sp³-hybridized carbons (Fsp3) is 0.158. The maximum Gasteiger partial charge on any atom is 0.215 e. The van der Waals surface area contributed by atoms with Gasteiger partial charge in [0.15, 0.2) is 0 Å². The zero-order valence-corrected chi connectivity index (χ0v) is 13.4. The topological polar surface area (TPSA) is 76.7 Å². The van der Waals surface area contributed by atoms with E-state index in [-0.39, 0.29) is 5.43 Å². The van der Waals surface area contributed by atoms with Crippen LogP contribution in [0.2, 0.25) is 0 Å². The van der Waals surface area contributed by atoms with Crippen molar-refractivity contribution in [2.75, 3.05) is 0 Å². The Morgan fingerprint density at radius 2 is 1.88 bits per heavy atom. The SMILES string of the molecule is Cn1ncc2[nH]c3ccc(Cc4cccc(CN)c4)cc3c(=O)c21. The first-order valence-electron chi connectivity index (χ1n) is 7.90. The summed E-state index contributed by atoms with van der Waals surface area (Å²) in [7, 11) is 1.78. The second-order valence-electron chi connectivity index (χ2n) is 6.07. The van der Waals surface area contributed by atoms with E-state index in [0.717, 1.165) is 28.6 Å². The van der Waals surface area contributed by atoms with E-state index in [1.54, 1.807) is 17.9 Å². The Morgan fingerprint density at radius 1 is 1.08 bits per heavy atom. The zero-order chi connectivity index (χ0) is 16.7. The third-order valence-corrected chi connectivity index (χ3v) is 4.39. The highest BCUT2D eigenvalue weighted by Crippen LogP contribution is 2.18. The van der Waals surface area contributed by atoms with Crippen molar-refractivity contribution in [3.8, 4) is 0 Å². The molecule has 3 N–H and O–H groups in total. The number of pyridine rings is 1. The van der Waals surface area contributed by atoms with Crippen molar-refractivity contribution in [3.05, 3.63) is 75.6 Å². The molecule has 0 saturated carbocycles. The molecule has 0 radical (unpaired) electrons. The highest BCUT2D eigenvalue weighted by atomic mass is 16.1. The lowest BCUT2D eigenvalue weighted by molar-refractivity contribution is 0.795. The molecular formula is C19H18N4O. The van der Waals surface area contributed by atoms with Crippen LogP contribution < -0.4 is 11.2 Å². The Bertz CT molecular complexity index is 1110. The van der Waals surface area contributed by atoms with Gasteiger partial charge in [-0.25, -0.2) is 0 Å². The molecule has 4 rings (SSSR count). The van der Waals surface area contributed by atoms with Crippen LogP contribution in [0, 0.1) is 0 Å². The molecule has 0 aliphatic heterocycles. The first-order chi connectivity index (χ1) is 11.7. The number of aromatic nitrogens is 3. The van der Waals surface area contributed by atoms with Gasteiger partial charge in [-0.3, -0.25) is 9.48 Å². The van der Waals surface area contributed by atoms with Gasteiger partial charge in [0, 0.05) is 24.5 Å². The van der Waals surface area contributed by atoms with Crippen LogP contribution in [0.25, 0.3) is 21.9 Å². The number of hydrogen-bond donors (Lipinski definition) is 2. The van der Waals surface area contributed by atoms with E-state index in [1.165, 1.54) is 5.56 Å². The standard InChI is InChI=1S/C19H18N4O/c1-23-18-17(11-21-23)22-16-6-5-13(9-15(16)19(18)24)7-12-3-2-4-14(8-12)10-20/h2-6,8-9,11H,7,10,20H2,1H3,(H,22,24). The lowest BCUT2D eigenvalue weighted by Crippen LogP contribution is -2.08. The van der Waals surface area contributed by atoms with E-state index in [9.17, 15) is 4.79 Å². The lowest BCUT2D eigenvalue weighted by atomic mass is 10.0. The van der Waals surface area contributed by atoms with Crippen LogP contribution in [-0.4, -0.2) is 14.8 Å². The molecule has 24 heavy (non-hydrogen) atoms. The number of fused-ring (bicyclic) bond motifs is 2. The minimum atomic E-state index is 0.0105. The van der Waals surface area contributed by atoms with Gasteiger partial charge in [0.05, 0.1) is 11.7 Å². The normalized spacial score (nSPS) is 11.4. The van der Waals surface area contributed by atoms with Crippen molar-refractivity contribution >= 4 is 21.9 Å². The molecule has 0 bridgehead atoms. The molecule has 0 saturated heterocycles. The molecule has 0 amide bonds. The Kier molecular flexibility index (Phi) is 3.43. The van der Waals surface area contributed by atoms with Gasteiger partial charge < -0.3 is 10.7 Å². The second kappa shape index (κ2) is 5.62. The first kappa shape index (κ1) is 14.7. The summed E-state index contributed by atoms with van der Waals surface area (Å²) in [6.07, 6.45) is 2.45. The Morgan fingerprint density at radius 3 is 2.71 bits per heavy atom. The molecule has 4 aromatic rings. The summed E-state index contributed by atoms with van der Waals surface area (Å²) in [6.45, 7) is 0.531. The number of aryl methyl sites for hydroxylation is 1. The molecule has 0 spiro atoms. The summed E-state index contributed by atoms with van der Waals surface area (Å²) in [5.74, 6) is 0. The predicted molar refractivity (Wildman–Crippen MR) is 96.0 cm³/mol. The van der Waals surface area contributed by atoms with Gasteiger partial charge in [-0.05, 0) is 35.2 Å². The highest BCUT2D eigenvalue weighted by Gasteiger charge is 2.10. The fourth-order valence-corrected chi connectivity index (χ4v) is 3.17. The van der Waals surface area contributed by atoms with Crippen LogP contribution in [0.1, 0.15) is 16.7 Å². The number of nitrogens with zero attached hydrogens (tertiary/aromatic N) is 2. The number of hydrogen-bond acceptors (Lipinski definition) is 3. The number of nitrogens with one attached hydrogen (secondary N) is 1. The molecule has 0 atom stereocenters. The predicted octanol–water partition coefficient (Wildman–Crippen LogP) is 2.46. The van der Waals surface area contributed by atoms with E-state index >= 15 is 0 Å². The Hall–Kier alpha value is -2.92. The summed E-state index contributed by atoms with van der Waals surface area (Å²) in [4.78, 5) is 16.1. The average molecular weight is 318 g/mol. The van der Waals surface area contributed by atoms with Crippen molar-refractivity contribution in [2.24, 2.45) is 12.8 Å². The smallest absolute Gasteiger partial charge is 0.215 e. The maximum absolute atomic E-state index is 12.8. The first-order valence-corrected chi connectivity index (χ1v) is 7.90. The van der Waals surface area contributed by atoms with Gasteiger partial charge in [0.1, 0.15) is 5.52 Å². The second-order valence-corrected chi connectivity index (χ2v) is 6.07.